The second-order valence-electron chi connectivity index (χ2n) is 4.64. The van der Waals surface area contributed by atoms with Crippen molar-refractivity contribution < 1.29 is 0 Å². The van der Waals surface area contributed by atoms with Crippen molar-refractivity contribution in [3.05, 3.63) is 59.7 Å². The summed E-state index contributed by atoms with van der Waals surface area (Å²) in [7, 11) is 4.05. The molecule has 0 atom stereocenters. The number of benzene rings is 2. The minimum absolute atomic E-state index is 0.930. The van der Waals surface area contributed by atoms with E-state index in [0.717, 1.165) is 12.2 Å². The molecule has 2 heteroatoms. The highest BCUT2D eigenvalue weighted by Crippen LogP contribution is 2.18. The monoisotopic (exact) mass is 240 g/mol. The summed E-state index contributed by atoms with van der Waals surface area (Å²) in [4.78, 5) is 2.25. The maximum Gasteiger partial charge on any atom is 0.0426 e. The third kappa shape index (κ3) is 3.04. The molecular weight excluding hydrogens is 220 g/mol. The lowest BCUT2D eigenvalue weighted by molar-refractivity contribution is 0.922. The van der Waals surface area contributed by atoms with Crippen LogP contribution in [0.5, 0.6) is 0 Å². The lowest BCUT2D eigenvalue weighted by Gasteiger charge is -2.20. The molecule has 94 valence electrons. The minimum Gasteiger partial charge on any atom is -0.388 e. The van der Waals surface area contributed by atoms with E-state index in [0.29, 0.717) is 0 Å². The van der Waals surface area contributed by atoms with Crippen LogP contribution in [0, 0.1) is 6.92 Å². The smallest absolute Gasteiger partial charge is 0.0426 e. The zero-order chi connectivity index (χ0) is 13.0. The third-order valence-corrected chi connectivity index (χ3v) is 3.14. The van der Waals surface area contributed by atoms with Crippen molar-refractivity contribution in [3.63, 3.8) is 0 Å². The molecule has 0 fully saturated rings. The fourth-order valence-corrected chi connectivity index (χ4v) is 1.94. The molecule has 0 saturated carbocycles. The molecular formula is C16H20N2. The topological polar surface area (TPSA) is 15.3 Å². The van der Waals surface area contributed by atoms with Gasteiger partial charge >= 0.3 is 0 Å². The van der Waals surface area contributed by atoms with E-state index in [-0.39, 0.29) is 0 Å². The van der Waals surface area contributed by atoms with Gasteiger partial charge in [-0.25, -0.2) is 0 Å². The Morgan fingerprint density at radius 1 is 0.944 bits per heavy atom. The molecule has 0 bridgehead atoms. The SMILES string of the molecule is CNc1ccc(N(C)Cc2ccc(C)cc2)cc1. The van der Waals surface area contributed by atoms with Gasteiger partial charge < -0.3 is 10.2 Å². The highest BCUT2D eigenvalue weighted by molar-refractivity contribution is 5.54. The first-order chi connectivity index (χ1) is 8.69. The Hall–Kier alpha value is -1.96. The van der Waals surface area contributed by atoms with Crippen molar-refractivity contribution in [2.24, 2.45) is 0 Å². The summed E-state index contributed by atoms with van der Waals surface area (Å²) in [5, 5.41) is 3.13. The number of anilines is 2. The zero-order valence-corrected chi connectivity index (χ0v) is 11.3. The minimum atomic E-state index is 0.930. The van der Waals surface area contributed by atoms with Crippen molar-refractivity contribution >= 4 is 11.4 Å². The van der Waals surface area contributed by atoms with Gasteiger partial charge in [0.25, 0.3) is 0 Å². The molecule has 0 aliphatic carbocycles. The van der Waals surface area contributed by atoms with Gasteiger partial charge in [0, 0.05) is 32.0 Å². The first-order valence-electron chi connectivity index (χ1n) is 6.23. The molecule has 2 nitrogen and oxygen atoms in total. The van der Waals surface area contributed by atoms with Crippen LogP contribution >= 0.6 is 0 Å². The number of rotatable bonds is 4. The van der Waals surface area contributed by atoms with E-state index < -0.39 is 0 Å². The fraction of sp³-hybridized carbons (Fsp3) is 0.250. The van der Waals surface area contributed by atoms with Gasteiger partial charge in [0.2, 0.25) is 0 Å². The summed E-state index contributed by atoms with van der Waals surface area (Å²) < 4.78 is 0. The molecule has 0 radical (unpaired) electrons. The van der Waals surface area contributed by atoms with Crippen LogP contribution in [0.1, 0.15) is 11.1 Å². The highest BCUT2D eigenvalue weighted by atomic mass is 15.1. The number of nitrogens with one attached hydrogen (secondary N) is 1. The molecule has 18 heavy (non-hydrogen) atoms. The van der Waals surface area contributed by atoms with Gasteiger partial charge in [0.15, 0.2) is 0 Å². The zero-order valence-electron chi connectivity index (χ0n) is 11.3. The molecule has 0 aliphatic heterocycles. The van der Waals surface area contributed by atoms with Crippen LogP contribution < -0.4 is 10.2 Å². The predicted molar refractivity (Wildman–Crippen MR) is 79.3 cm³/mol. The van der Waals surface area contributed by atoms with Crippen LogP contribution in [-0.2, 0) is 6.54 Å². The van der Waals surface area contributed by atoms with E-state index >= 15 is 0 Å². The molecule has 2 aromatic rings. The predicted octanol–water partition coefficient (Wildman–Crippen LogP) is 3.67. The fourth-order valence-electron chi connectivity index (χ4n) is 1.94. The lowest BCUT2D eigenvalue weighted by atomic mass is 10.1. The Balaban J connectivity index is 2.06. The van der Waals surface area contributed by atoms with Crippen LogP contribution in [0.2, 0.25) is 0 Å². The number of aryl methyl sites for hydroxylation is 1. The van der Waals surface area contributed by atoms with E-state index in [1.54, 1.807) is 0 Å². The van der Waals surface area contributed by atoms with E-state index in [1.807, 2.05) is 7.05 Å². The van der Waals surface area contributed by atoms with Crippen LogP contribution in [0.15, 0.2) is 48.5 Å². The average Bonchev–Trinajstić information content (AvgIpc) is 2.41. The summed E-state index contributed by atoms with van der Waals surface area (Å²) in [6, 6.07) is 17.2. The van der Waals surface area contributed by atoms with Gasteiger partial charge in [-0.3, -0.25) is 0 Å². The summed E-state index contributed by atoms with van der Waals surface area (Å²) in [6.07, 6.45) is 0. The molecule has 1 N–H and O–H groups in total. The Morgan fingerprint density at radius 3 is 2.11 bits per heavy atom. The van der Waals surface area contributed by atoms with E-state index in [2.05, 4.69) is 72.7 Å². The summed E-state index contributed by atoms with van der Waals surface area (Å²) in [5.41, 5.74) is 5.01. The van der Waals surface area contributed by atoms with E-state index in [4.69, 9.17) is 0 Å². The van der Waals surface area contributed by atoms with E-state index in [1.165, 1.54) is 16.8 Å². The molecule has 2 rings (SSSR count). The summed E-state index contributed by atoms with van der Waals surface area (Å²) in [6.45, 7) is 3.04. The quantitative estimate of drug-likeness (QED) is 0.877. The normalized spacial score (nSPS) is 10.2. The number of hydrogen-bond acceptors (Lipinski definition) is 2. The first-order valence-corrected chi connectivity index (χ1v) is 6.23. The van der Waals surface area contributed by atoms with Crippen molar-refractivity contribution in [2.45, 2.75) is 13.5 Å². The van der Waals surface area contributed by atoms with Crippen molar-refractivity contribution in [2.75, 3.05) is 24.3 Å². The molecule has 0 spiro atoms. The van der Waals surface area contributed by atoms with Gasteiger partial charge in [-0.05, 0) is 36.8 Å². The molecule has 0 amide bonds. The second-order valence-corrected chi connectivity index (χ2v) is 4.64. The van der Waals surface area contributed by atoms with Crippen molar-refractivity contribution in [3.8, 4) is 0 Å². The third-order valence-electron chi connectivity index (χ3n) is 3.14. The average molecular weight is 240 g/mol. The van der Waals surface area contributed by atoms with Crippen LogP contribution in [-0.4, -0.2) is 14.1 Å². The number of nitrogens with zero attached hydrogens (tertiary/aromatic N) is 1. The molecule has 2 aromatic carbocycles. The standard InChI is InChI=1S/C16H20N2/c1-13-4-6-14(7-5-13)12-18(3)16-10-8-15(17-2)9-11-16/h4-11,17H,12H2,1-3H3. The maximum absolute atomic E-state index is 3.13. The molecule has 0 aliphatic rings. The lowest BCUT2D eigenvalue weighted by Crippen LogP contribution is -2.16. The molecule has 0 heterocycles. The Labute approximate surface area is 109 Å². The van der Waals surface area contributed by atoms with Gasteiger partial charge in [-0.1, -0.05) is 29.8 Å². The first kappa shape index (κ1) is 12.5. The van der Waals surface area contributed by atoms with Crippen LogP contribution in [0.25, 0.3) is 0 Å². The van der Waals surface area contributed by atoms with Gasteiger partial charge in [-0.2, -0.15) is 0 Å². The Kier molecular flexibility index (Phi) is 3.88. The van der Waals surface area contributed by atoms with Gasteiger partial charge in [0.1, 0.15) is 0 Å². The highest BCUT2D eigenvalue weighted by Gasteiger charge is 2.01. The molecule has 0 unspecified atom stereocenters. The van der Waals surface area contributed by atoms with Crippen molar-refractivity contribution in [1.82, 2.24) is 0 Å². The van der Waals surface area contributed by atoms with Gasteiger partial charge in [0.05, 0.1) is 0 Å². The van der Waals surface area contributed by atoms with E-state index in [9.17, 15) is 0 Å². The van der Waals surface area contributed by atoms with Crippen LogP contribution in [0.4, 0.5) is 11.4 Å². The summed E-state index contributed by atoms with van der Waals surface area (Å²) >= 11 is 0. The van der Waals surface area contributed by atoms with Crippen molar-refractivity contribution in [1.29, 1.82) is 0 Å². The second kappa shape index (κ2) is 5.58. The largest absolute Gasteiger partial charge is 0.388 e. The Bertz CT molecular complexity index is 486. The Morgan fingerprint density at radius 2 is 1.56 bits per heavy atom. The maximum atomic E-state index is 3.13. The number of hydrogen-bond donors (Lipinski definition) is 1. The summed E-state index contributed by atoms with van der Waals surface area (Å²) in [5.74, 6) is 0. The molecule has 0 saturated heterocycles. The molecule has 0 aromatic heterocycles. The van der Waals surface area contributed by atoms with Gasteiger partial charge in [-0.15, -0.1) is 0 Å². The van der Waals surface area contributed by atoms with Crippen LogP contribution in [0.3, 0.4) is 0 Å².